The summed E-state index contributed by atoms with van der Waals surface area (Å²) in [6.07, 6.45) is 1.35. The van der Waals surface area contributed by atoms with Gasteiger partial charge in [0.05, 0.1) is 4.88 Å². The summed E-state index contributed by atoms with van der Waals surface area (Å²) < 4.78 is 33.3. The molecule has 0 fully saturated rings. The van der Waals surface area contributed by atoms with Gasteiger partial charge < -0.3 is 20.5 Å². The van der Waals surface area contributed by atoms with Crippen molar-refractivity contribution >= 4 is 28.3 Å². The number of carbonyl (C=O) groups is 2. The molecule has 2 atom stereocenters. The number of amides is 2. The Morgan fingerprint density at radius 3 is 2.41 bits per heavy atom. The van der Waals surface area contributed by atoms with Crippen molar-refractivity contribution in [2.75, 3.05) is 5.32 Å². The Morgan fingerprint density at radius 2 is 1.76 bits per heavy atom. The lowest BCUT2D eigenvalue weighted by molar-refractivity contribution is -0.137. The van der Waals surface area contributed by atoms with Crippen molar-refractivity contribution in [1.29, 1.82) is 0 Å². The molecular weight excluding hydrogens is 500 g/mol. The fraction of sp³-hybridized carbons (Fsp3) is 0.370. The normalized spacial score (nSPS) is 13.1. The van der Waals surface area contributed by atoms with Gasteiger partial charge in [-0.25, -0.2) is 13.8 Å². The number of benzene rings is 2. The molecule has 1 unspecified atom stereocenters. The van der Waals surface area contributed by atoms with Crippen LogP contribution in [0.3, 0.4) is 0 Å². The first-order chi connectivity index (χ1) is 17.5. The third-order valence-electron chi connectivity index (χ3n) is 5.59. The highest BCUT2D eigenvalue weighted by atomic mass is 32.1. The fourth-order valence-electron chi connectivity index (χ4n) is 3.51. The van der Waals surface area contributed by atoms with Crippen molar-refractivity contribution in [1.82, 2.24) is 10.3 Å². The molecule has 0 aliphatic rings. The summed E-state index contributed by atoms with van der Waals surface area (Å²) in [5.74, 6) is -3.08. The zero-order valence-electron chi connectivity index (χ0n) is 21.2. The van der Waals surface area contributed by atoms with Gasteiger partial charge in [-0.3, -0.25) is 9.59 Å². The van der Waals surface area contributed by atoms with Gasteiger partial charge in [0.1, 0.15) is 18.8 Å². The molecule has 3 rings (SSSR count). The number of aliphatic hydroxyl groups is 1. The van der Waals surface area contributed by atoms with Gasteiger partial charge in [-0.05, 0) is 35.1 Å². The van der Waals surface area contributed by atoms with E-state index in [1.54, 1.807) is 39.1 Å². The number of hydrogen-bond donors (Lipinski definition) is 3. The van der Waals surface area contributed by atoms with Gasteiger partial charge in [-0.15, -0.1) is 0 Å². The Bertz CT molecular complexity index is 1220. The average Bonchev–Trinajstić information content (AvgIpc) is 3.30. The molecule has 7 nitrogen and oxygen atoms in total. The number of para-hydroxylation sites is 1. The lowest BCUT2D eigenvalue weighted by Crippen LogP contribution is -2.50. The number of anilines is 1. The van der Waals surface area contributed by atoms with Crippen LogP contribution in [0.15, 0.2) is 48.7 Å². The highest BCUT2D eigenvalue weighted by Gasteiger charge is 2.32. The molecular formula is C27H31F2N3O4S. The fourth-order valence-corrected chi connectivity index (χ4v) is 4.39. The predicted molar refractivity (Wildman–Crippen MR) is 139 cm³/mol. The molecule has 2 aromatic carbocycles. The van der Waals surface area contributed by atoms with Crippen LogP contribution in [0.1, 0.15) is 46.1 Å². The largest absolute Gasteiger partial charge is 0.483 e. The van der Waals surface area contributed by atoms with Crippen molar-refractivity contribution in [2.24, 2.45) is 5.41 Å². The molecule has 0 spiro atoms. The molecule has 3 N–H and O–H groups in total. The van der Waals surface area contributed by atoms with E-state index in [2.05, 4.69) is 15.6 Å². The van der Waals surface area contributed by atoms with Crippen LogP contribution in [0, 0.1) is 17.0 Å². The number of nitrogens with one attached hydrogen (secondary N) is 2. The number of aromatic nitrogens is 1. The van der Waals surface area contributed by atoms with Gasteiger partial charge >= 0.3 is 0 Å². The Morgan fingerprint density at radius 1 is 1.08 bits per heavy atom. The van der Waals surface area contributed by atoms with Gasteiger partial charge in [-0.2, -0.15) is 0 Å². The van der Waals surface area contributed by atoms with Crippen LogP contribution in [0.25, 0.3) is 10.4 Å². The van der Waals surface area contributed by atoms with Gasteiger partial charge in [0.15, 0.2) is 22.5 Å². The molecule has 10 heteroatoms. The summed E-state index contributed by atoms with van der Waals surface area (Å²) in [7, 11) is 0. The van der Waals surface area contributed by atoms with Crippen LogP contribution in [0.2, 0.25) is 0 Å². The molecule has 1 aromatic heterocycles. The van der Waals surface area contributed by atoms with Crippen molar-refractivity contribution in [3.63, 3.8) is 0 Å². The smallest absolute Gasteiger partial charge is 0.250 e. The molecule has 0 aliphatic heterocycles. The topological polar surface area (TPSA) is 101 Å². The lowest BCUT2D eigenvalue weighted by Gasteiger charge is -2.26. The van der Waals surface area contributed by atoms with Crippen molar-refractivity contribution in [3.05, 3.63) is 65.9 Å². The van der Waals surface area contributed by atoms with Gasteiger partial charge in [0.2, 0.25) is 11.8 Å². The highest BCUT2D eigenvalue weighted by molar-refractivity contribution is 7.19. The molecule has 2 amide bonds. The van der Waals surface area contributed by atoms with E-state index in [4.69, 9.17) is 4.74 Å². The maximum Gasteiger partial charge on any atom is 0.250 e. The van der Waals surface area contributed by atoms with E-state index in [0.29, 0.717) is 28.4 Å². The Balaban J connectivity index is 1.72. The summed E-state index contributed by atoms with van der Waals surface area (Å²) in [5.41, 5.74) is 0.749. The van der Waals surface area contributed by atoms with Gasteiger partial charge in [-0.1, -0.05) is 75.8 Å². The molecule has 0 radical (unpaired) electrons. The van der Waals surface area contributed by atoms with Crippen molar-refractivity contribution in [3.8, 4) is 16.2 Å². The molecule has 3 aromatic rings. The van der Waals surface area contributed by atoms with Crippen molar-refractivity contribution < 1.29 is 28.2 Å². The van der Waals surface area contributed by atoms with Crippen LogP contribution < -0.4 is 15.4 Å². The zero-order valence-corrected chi connectivity index (χ0v) is 22.0. The predicted octanol–water partition coefficient (Wildman–Crippen LogP) is 5.30. The standard InChI is InChI=1S/C27H31F2N3O4S/c1-5-9-20(31-25(35)23(33)27(2,3)4)24(34)32-26-30-14-21(37-26)17-11-7-6-10-16(17)15-36-22-18(28)12-8-13-19(22)29/h6-8,10-14,20,23,33H,5,9,15H2,1-4H3,(H,31,35)(H,30,32,34)/t20?,23-/m1/s1. The average molecular weight is 532 g/mol. The Kier molecular flexibility index (Phi) is 9.34. The molecule has 0 saturated carbocycles. The first kappa shape index (κ1) is 28.2. The van der Waals surface area contributed by atoms with E-state index in [1.807, 2.05) is 19.1 Å². The first-order valence-electron chi connectivity index (χ1n) is 11.9. The van der Waals surface area contributed by atoms with E-state index >= 15 is 0 Å². The third kappa shape index (κ3) is 7.33. The minimum atomic E-state index is -1.26. The van der Waals surface area contributed by atoms with E-state index in [-0.39, 0.29) is 6.61 Å². The Labute approximate surface area is 218 Å². The highest BCUT2D eigenvalue weighted by Crippen LogP contribution is 2.33. The van der Waals surface area contributed by atoms with Crippen LogP contribution >= 0.6 is 11.3 Å². The maximum atomic E-state index is 13.9. The van der Waals surface area contributed by atoms with Crippen LogP contribution in [-0.2, 0) is 16.2 Å². The molecule has 0 aliphatic carbocycles. The van der Waals surface area contributed by atoms with Crippen molar-refractivity contribution in [2.45, 2.75) is 59.3 Å². The first-order valence-corrected chi connectivity index (χ1v) is 12.7. The number of halogens is 2. The molecule has 0 saturated heterocycles. The van der Waals surface area contributed by atoms with E-state index in [0.717, 1.165) is 17.7 Å². The number of carbonyl (C=O) groups excluding carboxylic acids is 2. The summed E-state index contributed by atoms with van der Waals surface area (Å²) in [5, 5.41) is 15.9. The number of ether oxygens (including phenoxy) is 1. The number of rotatable bonds is 10. The maximum absolute atomic E-state index is 13.9. The molecule has 0 bridgehead atoms. The monoisotopic (exact) mass is 531 g/mol. The summed E-state index contributed by atoms with van der Waals surface area (Å²) in [6, 6.07) is 9.88. The minimum absolute atomic E-state index is 0.0751. The second kappa shape index (κ2) is 12.2. The SMILES string of the molecule is CCCC(NC(=O)[C@@H](O)C(C)(C)C)C(=O)Nc1ncc(-c2ccccc2COc2c(F)cccc2F)s1. The second-order valence-corrected chi connectivity index (χ2v) is 10.7. The Hall–Kier alpha value is -3.37. The summed E-state index contributed by atoms with van der Waals surface area (Å²) in [6.45, 7) is 7.02. The van der Waals surface area contributed by atoms with E-state index in [1.165, 1.54) is 17.4 Å². The van der Waals surface area contributed by atoms with Crippen LogP contribution in [0.4, 0.5) is 13.9 Å². The van der Waals surface area contributed by atoms with E-state index in [9.17, 15) is 23.5 Å². The number of nitrogens with zero attached hydrogens (tertiary/aromatic N) is 1. The minimum Gasteiger partial charge on any atom is -0.483 e. The second-order valence-electron chi connectivity index (χ2n) is 9.63. The van der Waals surface area contributed by atoms with Gasteiger partial charge in [0.25, 0.3) is 0 Å². The molecule has 37 heavy (non-hydrogen) atoms. The van der Waals surface area contributed by atoms with Crippen LogP contribution in [-0.4, -0.2) is 34.1 Å². The zero-order chi connectivity index (χ0) is 27.2. The van der Waals surface area contributed by atoms with Crippen LogP contribution in [0.5, 0.6) is 5.75 Å². The number of aliphatic hydroxyl groups excluding tert-OH is 1. The van der Waals surface area contributed by atoms with E-state index < -0.39 is 46.8 Å². The third-order valence-corrected chi connectivity index (χ3v) is 6.53. The molecule has 1 heterocycles. The summed E-state index contributed by atoms with van der Waals surface area (Å²) in [4.78, 5) is 30.4. The number of hydrogen-bond acceptors (Lipinski definition) is 6. The molecule has 198 valence electrons. The quantitative estimate of drug-likeness (QED) is 0.330. The number of thiazole rings is 1. The van der Waals surface area contributed by atoms with Gasteiger partial charge in [0, 0.05) is 6.20 Å². The lowest BCUT2D eigenvalue weighted by atomic mass is 9.88. The summed E-state index contributed by atoms with van der Waals surface area (Å²) >= 11 is 1.21.